The van der Waals surface area contributed by atoms with Gasteiger partial charge in [0.05, 0.1) is 11.1 Å². The van der Waals surface area contributed by atoms with Crippen molar-refractivity contribution in [1.29, 1.82) is 0 Å². The predicted molar refractivity (Wildman–Crippen MR) is 90.1 cm³/mol. The van der Waals surface area contributed by atoms with Crippen molar-refractivity contribution in [3.05, 3.63) is 29.3 Å². The Morgan fingerprint density at radius 1 is 1.17 bits per heavy atom. The van der Waals surface area contributed by atoms with Gasteiger partial charge in [-0.05, 0) is 24.1 Å². The molecule has 4 amide bonds. The van der Waals surface area contributed by atoms with E-state index in [1.54, 1.807) is 23.1 Å². The van der Waals surface area contributed by atoms with Crippen LogP contribution < -0.4 is 10.6 Å². The molecule has 7 nitrogen and oxygen atoms in total. The first-order valence-corrected chi connectivity index (χ1v) is 8.24. The Bertz CT molecular complexity index is 680. The molecule has 2 N–H and O–H groups in total. The Balaban J connectivity index is 1.75. The molecule has 2 heterocycles. The number of nitrogens with zero attached hydrogens (tertiary/aromatic N) is 2. The van der Waals surface area contributed by atoms with E-state index in [9.17, 15) is 14.4 Å². The zero-order valence-electron chi connectivity index (χ0n) is 14.0. The van der Waals surface area contributed by atoms with Crippen molar-refractivity contribution < 1.29 is 14.4 Å². The molecule has 2 aliphatic heterocycles. The van der Waals surface area contributed by atoms with Gasteiger partial charge in [-0.2, -0.15) is 0 Å². The summed E-state index contributed by atoms with van der Waals surface area (Å²) < 4.78 is 0. The molecule has 1 saturated heterocycles. The number of fused-ring (bicyclic) bond motifs is 1. The van der Waals surface area contributed by atoms with Gasteiger partial charge in [-0.15, -0.1) is 0 Å². The summed E-state index contributed by atoms with van der Waals surface area (Å²) in [7, 11) is 0. The molecule has 7 heteroatoms. The van der Waals surface area contributed by atoms with Crippen molar-refractivity contribution in [2.24, 2.45) is 5.92 Å². The number of urea groups is 1. The lowest BCUT2D eigenvalue weighted by Gasteiger charge is -2.27. The second-order valence-electron chi connectivity index (χ2n) is 6.54. The van der Waals surface area contributed by atoms with E-state index in [2.05, 4.69) is 10.6 Å². The van der Waals surface area contributed by atoms with Gasteiger partial charge in [0.2, 0.25) is 0 Å². The van der Waals surface area contributed by atoms with Gasteiger partial charge in [0.25, 0.3) is 11.8 Å². The number of hydrogen-bond acceptors (Lipinski definition) is 4. The maximum absolute atomic E-state index is 12.5. The maximum atomic E-state index is 12.5. The molecule has 128 valence electrons. The molecule has 0 spiro atoms. The fourth-order valence-corrected chi connectivity index (χ4v) is 2.97. The molecule has 2 aliphatic rings. The number of carbonyl (C=O) groups excluding carboxylic acids is 3. The monoisotopic (exact) mass is 330 g/mol. The average molecular weight is 330 g/mol. The summed E-state index contributed by atoms with van der Waals surface area (Å²) in [4.78, 5) is 40.0. The van der Waals surface area contributed by atoms with Gasteiger partial charge in [-0.25, -0.2) is 4.79 Å². The number of piperazine rings is 1. The zero-order valence-corrected chi connectivity index (χ0v) is 14.0. The number of benzene rings is 1. The smallest absolute Gasteiger partial charge is 0.321 e. The number of anilines is 1. The summed E-state index contributed by atoms with van der Waals surface area (Å²) >= 11 is 0. The van der Waals surface area contributed by atoms with Crippen molar-refractivity contribution in [3.8, 4) is 0 Å². The fourth-order valence-electron chi connectivity index (χ4n) is 2.97. The molecule has 0 radical (unpaired) electrons. The second kappa shape index (κ2) is 6.60. The second-order valence-corrected chi connectivity index (χ2v) is 6.54. The highest BCUT2D eigenvalue weighted by Gasteiger charge is 2.35. The van der Waals surface area contributed by atoms with Crippen LogP contribution in [-0.4, -0.2) is 60.4 Å². The van der Waals surface area contributed by atoms with Gasteiger partial charge >= 0.3 is 6.03 Å². The van der Waals surface area contributed by atoms with E-state index in [-0.39, 0.29) is 23.8 Å². The molecule has 0 bridgehead atoms. The van der Waals surface area contributed by atoms with Crippen molar-refractivity contribution in [2.75, 3.05) is 38.0 Å². The number of imide groups is 1. The van der Waals surface area contributed by atoms with Gasteiger partial charge in [0, 0.05) is 38.4 Å². The predicted octanol–water partition coefficient (Wildman–Crippen LogP) is 1.38. The Hall–Kier alpha value is -2.41. The highest BCUT2D eigenvalue weighted by molar-refractivity contribution is 6.21. The van der Waals surface area contributed by atoms with Crippen molar-refractivity contribution >= 4 is 23.5 Å². The Morgan fingerprint density at radius 3 is 2.50 bits per heavy atom. The molecule has 0 atom stereocenters. The minimum absolute atomic E-state index is 0.188. The summed E-state index contributed by atoms with van der Waals surface area (Å²) in [5, 5.41) is 6.00. The van der Waals surface area contributed by atoms with Crippen LogP contribution in [0.3, 0.4) is 0 Å². The third-order valence-corrected chi connectivity index (χ3v) is 4.17. The highest BCUT2D eigenvalue weighted by Crippen LogP contribution is 2.26. The molecule has 1 fully saturated rings. The van der Waals surface area contributed by atoms with Crippen LogP contribution in [0.15, 0.2) is 18.2 Å². The molecule has 1 aromatic rings. The molecule has 24 heavy (non-hydrogen) atoms. The number of rotatable bonds is 3. The minimum Gasteiger partial charge on any atom is -0.322 e. The molecule has 0 unspecified atom stereocenters. The van der Waals surface area contributed by atoms with Gasteiger partial charge < -0.3 is 15.5 Å². The molecule has 3 rings (SSSR count). The van der Waals surface area contributed by atoms with E-state index in [1.165, 1.54) is 4.90 Å². The Morgan fingerprint density at radius 2 is 1.83 bits per heavy atom. The summed E-state index contributed by atoms with van der Waals surface area (Å²) in [6, 6.07) is 4.69. The number of amides is 4. The summed E-state index contributed by atoms with van der Waals surface area (Å²) in [6.45, 7) is 7.16. The van der Waals surface area contributed by atoms with E-state index in [0.29, 0.717) is 36.4 Å². The lowest BCUT2D eigenvalue weighted by atomic mass is 10.1. The van der Waals surface area contributed by atoms with E-state index < -0.39 is 0 Å². The quantitative estimate of drug-likeness (QED) is 0.820. The number of hydrogen-bond donors (Lipinski definition) is 2. The first-order chi connectivity index (χ1) is 11.5. The van der Waals surface area contributed by atoms with Gasteiger partial charge in [0.1, 0.15) is 0 Å². The topological polar surface area (TPSA) is 81.8 Å². The minimum atomic E-state index is -0.290. The van der Waals surface area contributed by atoms with Crippen LogP contribution >= 0.6 is 0 Å². The maximum Gasteiger partial charge on any atom is 0.321 e. The van der Waals surface area contributed by atoms with Crippen LogP contribution in [-0.2, 0) is 0 Å². The molecular weight excluding hydrogens is 308 g/mol. The molecule has 0 saturated carbocycles. The number of nitrogens with one attached hydrogen (secondary N) is 2. The van der Waals surface area contributed by atoms with Crippen molar-refractivity contribution in [1.82, 2.24) is 15.1 Å². The van der Waals surface area contributed by atoms with Crippen LogP contribution in [0.25, 0.3) is 0 Å². The third-order valence-electron chi connectivity index (χ3n) is 4.17. The van der Waals surface area contributed by atoms with Crippen LogP contribution in [0.2, 0.25) is 0 Å². The Kier molecular flexibility index (Phi) is 4.53. The molecule has 0 aliphatic carbocycles. The van der Waals surface area contributed by atoms with E-state index >= 15 is 0 Å². The first-order valence-electron chi connectivity index (χ1n) is 8.24. The lowest BCUT2D eigenvalue weighted by Crippen LogP contribution is -2.48. The van der Waals surface area contributed by atoms with E-state index in [4.69, 9.17) is 0 Å². The average Bonchev–Trinajstić information content (AvgIpc) is 2.80. The SMILES string of the molecule is CC(C)CN1C(=O)c2ccc(NC(=O)N3CCNCC3)cc2C1=O. The van der Waals surface area contributed by atoms with Crippen LogP contribution in [0, 0.1) is 5.92 Å². The summed E-state index contributed by atoms with van der Waals surface area (Å²) in [6.07, 6.45) is 0. The Labute approximate surface area is 141 Å². The van der Waals surface area contributed by atoms with Gasteiger partial charge in [0.15, 0.2) is 0 Å². The standard InChI is InChI=1S/C17H22N4O3/c1-11(2)10-21-15(22)13-4-3-12(9-14(13)16(21)23)19-17(24)20-7-5-18-6-8-20/h3-4,9,11,18H,5-8,10H2,1-2H3,(H,19,24). The van der Waals surface area contributed by atoms with Crippen LogP contribution in [0.1, 0.15) is 34.6 Å². The third kappa shape index (κ3) is 3.12. The largest absolute Gasteiger partial charge is 0.322 e. The van der Waals surface area contributed by atoms with Crippen LogP contribution in [0.4, 0.5) is 10.5 Å². The van der Waals surface area contributed by atoms with E-state index in [1.807, 2.05) is 13.8 Å². The van der Waals surface area contributed by atoms with Crippen molar-refractivity contribution in [3.63, 3.8) is 0 Å². The fraction of sp³-hybridized carbons (Fsp3) is 0.471. The first kappa shape index (κ1) is 16.4. The normalized spacial score (nSPS) is 17.5. The van der Waals surface area contributed by atoms with Crippen LogP contribution in [0.5, 0.6) is 0 Å². The number of carbonyl (C=O) groups is 3. The lowest BCUT2D eigenvalue weighted by molar-refractivity contribution is 0.0636. The van der Waals surface area contributed by atoms with Crippen molar-refractivity contribution in [2.45, 2.75) is 13.8 Å². The zero-order chi connectivity index (χ0) is 17.3. The highest BCUT2D eigenvalue weighted by atomic mass is 16.2. The van der Waals surface area contributed by atoms with Gasteiger partial charge in [-0.3, -0.25) is 14.5 Å². The molecular formula is C17H22N4O3. The van der Waals surface area contributed by atoms with E-state index in [0.717, 1.165) is 13.1 Å². The summed E-state index contributed by atoms with van der Waals surface area (Å²) in [5.74, 6) is -0.343. The van der Waals surface area contributed by atoms with Gasteiger partial charge in [-0.1, -0.05) is 13.8 Å². The molecule has 1 aromatic carbocycles. The molecule has 0 aromatic heterocycles. The summed E-state index contributed by atoms with van der Waals surface area (Å²) in [5.41, 5.74) is 1.30.